The van der Waals surface area contributed by atoms with Crippen molar-refractivity contribution in [2.75, 3.05) is 16.4 Å². The van der Waals surface area contributed by atoms with Crippen LogP contribution in [-0.4, -0.2) is 40.4 Å². The predicted molar refractivity (Wildman–Crippen MR) is 113 cm³/mol. The van der Waals surface area contributed by atoms with Crippen LogP contribution in [0.3, 0.4) is 0 Å². The summed E-state index contributed by atoms with van der Waals surface area (Å²) in [5.74, 6) is 1.02. The molecule has 0 N–H and O–H groups in total. The molecule has 3 aromatic rings. The van der Waals surface area contributed by atoms with Crippen LogP contribution in [0.2, 0.25) is 5.02 Å². The van der Waals surface area contributed by atoms with Gasteiger partial charge in [0.25, 0.3) is 0 Å². The summed E-state index contributed by atoms with van der Waals surface area (Å²) in [5, 5.41) is 0.571. The maximum Gasteiger partial charge on any atom is 0.238 e. The first-order chi connectivity index (χ1) is 14.4. The Bertz CT molecular complexity index is 1330. The van der Waals surface area contributed by atoms with Crippen LogP contribution in [0.5, 0.6) is 0 Å². The molecule has 0 bridgehead atoms. The number of nitrogens with zero attached hydrogens (tertiary/aromatic N) is 4. The van der Waals surface area contributed by atoms with Crippen molar-refractivity contribution in [3.8, 4) is 0 Å². The Morgan fingerprint density at radius 3 is 2.80 bits per heavy atom. The Balaban J connectivity index is 1.47. The third-order valence-corrected chi connectivity index (χ3v) is 8.59. The SMILES string of the molecule is O=C1N(Cc2nc3cc(Cl)ccc3n2C2CCS(=O)(=O)C2)c2cnccc2C12CC2. The van der Waals surface area contributed by atoms with E-state index in [9.17, 15) is 13.2 Å². The predicted octanol–water partition coefficient (Wildman–Crippen LogP) is 3.02. The molecular formula is C21H19ClN4O3S. The molecule has 0 radical (unpaired) electrons. The summed E-state index contributed by atoms with van der Waals surface area (Å²) in [6.07, 6.45) is 5.72. The van der Waals surface area contributed by atoms with Crippen molar-refractivity contribution in [3.05, 3.63) is 53.1 Å². The van der Waals surface area contributed by atoms with Gasteiger partial charge in [0.1, 0.15) is 5.82 Å². The molecule has 1 saturated carbocycles. The number of amides is 1. The number of hydrogen-bond donors (Lipinski definition) is 0. The molecular weight excluding hydrogens is 424 g/mol. The lowest BCUT2D eigenvalue weighted by Gasteiger charge is -2.21. The molecule has 7 nitrogen and oxygen atoms in total. The summed E-state index contributed by atoms with van der Waals surface area (Å²) in [4.78, 5) is 24.1. The lowest BCUT2D eigenvalue weighted by molar-refractivity contribution is -0.120. The van der Waals surface area contributed by atoms with E-state index in [-0.39, 0.29) is 30.0 Å². The highest BCUT2D eigenvalue weighted by molar-refractivity contribution is 7.91. The average Bonchev–Trinajstić information content (AvgIpc) is 3.27. The van der Waals surface area contributed by atoms with E-state index in [0.717, 1.165) is 29.6 Å². The molecule has 6 rings (SSSR count). The molecule has 9 heteroatoms. The molecule has 1 spiro atoms. The topological polar surface area (TPSA) is 85.2 Å². The highest BCUT2D eigenvalue weighted by atomic mass is 35.5. The number of benzene rings is 1. The van der Waals surface area contributed by atoms with Crippen molar-refractivity contribution < 1.29 is 13.2 Å². The molecule has 2 aromatic heterocycles. The van der Waals surface area contributed by atoms with Crippen LogP contribution in [-0.2, 0) is 26.6 Å². The van der Waals surface area contributed by atoms with Crippen LogP contribution in [0.1, 0.15) is 36.7 Å². The van der Waals surface area contributed by atoms with Gasteiger partial charge in [0.05, 0.1) is 52.4 Å². The monoisotopic (exact) mass is 442 g/mol. The molecule has 154 valence electrons. The molecule has 1 aliphatic carbocycles. The highest BCUT2D eigenvalue weighted by Crippen LogP contribution is 2.57. The van der Waals surface area contributed by atoms with E-state index in [1.54, 1.807) is 29.4 Å². The van der Waals surface area contributed by atoms with Crippen LogP contribution in [0.25, 0.3) is 11.0 Å². The fourth-order valence-corrected chi connectivity index (χ4v) is 6.88. The number of fused-ring (bicyclic) bond motifs is 3. The molecule has 3 aliphatic rings. The zero-order valence-electron chi connectivity index (χ0n) is 16.1. The summed E-state index contributed by atoms with van der Waals surface area (Å²) in [7, 11) is -3.08. The van der Waals surface area contributed by atoms with Gasteiger partial charge in [-0.3, -0.25) is 9.78 Å². The summed E-state index contributed by atoms with van der Waals surface area (Å²) in [6, 6.07) is 7.19. The number of anilines is 1. The Morgan fingerprint density at radius 2 is 2.07 bits per heavy atom. The first kappa shape index (κ1) is 18.3. The van der Waals surface area contributed by atoms with Crippen LogP contribution in [0.4, 0.5) is 5.69 Å². The summed E-state index contributed by atoms with van der Waals surface area (Å²) >= 11 is 6.17. The molecule has 2 aliphatic heterocycles. The molecule has 4 heterocycles. The Morgan fingerprint density at radius 1 is 1.23 bits per heavy atom. The second kappa shape index (κ2) is 6.04. The summed E-state index contributed by atoms with van der Waals surface area (Å²) in [5.41, 5.74) is 3.01. The van der Waals surface area contributed by atoms with Crippen LogP contribution < -0.4 is 4.90 Å². The van der Waals surface area contributed by atoms with Crippen molar-refractivity contribution >= 4 is 44.1 Å². The zero-order chi connectivity index (χ0) is 20.7. The highest BCUT2D eigenvalue weighted by Gasteiger charge is 2.59. The van der Waals surface area contributed by atoms with Crippen LogP contribution >= 0.6 is 11.6 Å². The van der Waals surface area contributed by atoms with E-state index in [1.165, 1.54) is 0 Å². The first-order valence-corrected chi connectivity index (χ1v) is 12.2. The van der Waals surface area contributed by atoms with Gasteiger partial charge in [-0.2, -0.15) is 0 Å². The molecule has 1 amide bonds. The normalized spacial score (nSPS) is 23.4. The van der Waals surface area contributed by atoms with E-state index >= 15 is 0 Å². The zero-order valence-corrected chi connectivity index (χ0v) is 17.7. The number of pyridine rings is 1. The van der Waals surface area contributed by atoms with Gasteiger partial charge >= 0.3 is 0 Å². The molecule has 1 atom stereocenters. The Kier molecular flexibility index (Phi) is 3.69. The summed E-state index contributed by atoms with van der Waals surface area (Å²) < 4.78 is 26.3. The van der Waals surface area contributed by atoms with Crippen molar-refractivity contribution in [2.45, 2.75) is 37.3 Å². The second-order valence-corrected chi connectivity index (χ2v) is 11.1. The number of carbonyl (C=O) groups excluding carboxylic acids is 1. The fourth-order valence-electron chi connectivity index (χ4n) is 5.02. The smallest absolute Gasteiger partial charge is 0.238 e. The maximum absolute atomic E-state index is 13.3. The molecule has 1 unspecified atom stereocenters. The Labute approximate surface area is 178 Å². The number of halogens is 1. The van der Waals surface area contributed by atoms with Crippen molar-refractivity contribution in [1.82, 2.24) is 14.5 Å². The quantitative estimate of drug-likeness (QED) is 0.622. The van der Waals surface area contributed by atoms with Crippen molar-refractivity contribution in [2.24, 2.45) is 0 Å². The van der Waals surface area contributed by atoms with Crippen LogP contribution in [0.15, 0.2) is 36.7 Å². The van der Waals surface area contributed by atoms with E-state index in [4.69, 9.17) is 16.6 Å². The van der Waals surface area contributed by atoms with Gasteiger partial charge in [0.2, 0.25) is 5.91 Å². The van der Waals surface area contributed by atoms with Gasteiger partial charge in [0, 0.05) is 11.2 Å². The molecule has 1 aromatic carbocycles. The van der Waals surface area contributed by atoms with Gasteiger partial charge < -0.3 is 9.47 Å². The first-order valence-electron chi connectivity index (χ1n) is 10.0. The number of carbonyl (C=O) groups is 1. The number of rotatable bonds is 3. The second-order valence-electron chi connectivity index (χ2n) is 8.45. The van der Waals surface area contributed by atoms with E-state index in [0.29, 0.717) is 22.8 Å². The largest absolute Gasteiger partial charge is 0.322 e. The van der Waals surface area contributed by atoms with E-state index in [2.05, 4.69) is 4.98 Å². The minimum absolute atomic E-state index is 0.0844. The molecule has 2 fully saturated rings. The van der Waals surface area contributed by atoms with E-state index in [1.807, 2.05) is 16.7 Å². The third kappa shape index (κ3) is 2.56. The maximum atomic E-state index is 13.3. The van der Waals surface area contributed by atoms with Crippen LogP contribution in [0, 0.1) is 0 Å². The Hall–Kier alpha value is -2.45. The van der Waals surface area contributed by atoms with Gasteiger partial charge in [-0.15, -0.1) is 0 Å². The minimum atomic E-state index is -3.08. The van der Waals surface area contributed by atoms with Crippen molar-refractivity contribution in [1.29, 1.82) is 0 Å². The van der Waals surface area contributed by atoms with Gasteiger partial charge in [-0.05, 0) is 49.1 Å². The fraction of sp³-hybridized carbons (Fsp3) is 0.381. The lowest BCUT2D eigenvalue weighted by atomic mass is 9.99. The van der Waals surface area contributed by atoms with Gasteiger partial charge in [0.15, 0.2) is 9.84 Å². The van der Waals surface area contributed by atoms with Gasteiger partial charge in [-0.25, -0.2) is 13.4 Å². The van der Waals surface area contributed by atoms with Gasteiger partial charge in [-0.1, -0.05) is 11.6 Å². The van der Waals surface area contributed by atoms with E-state index < -0.39 is 15.3 Å². The summed E-state index contributed by atoms with van der Waals surface area (Å²) in [6.45, 7) is 0.280. The lowest BCUT2D eigenvalue weighted by Crippen LogP contribution is -2.33. The number of imidazole rings is 1. The van der Waals surface area contributed by atoms with Crippen molar-refractivity contribution in [3.63, 3.8) is 0 Å². The molecule has 1 saturated heterocycles. The molecule has 30 heavy (non-hydrogen) atoms. The number of aromatic nitrogens is 3. The number of sulfone groups is 1. The number of hydrogen-bond acceptors (Lipinski definition) is 5. The average molecular weight is 443 g/mol. The standard InChI is InChI=1S/C21H19ClN4O3S/c22-13-1-2-17-16(9-13)24-19(26(17)14-4-8-30(28,29)12-14)11-25-18-10-23-7-3-15(18)21(5-6-21)20(25)27/h1-3,7,9-10,14H,4-6,8,11-12H2. The third-order valence-electron chi connectivity index (χ3n) is 6.61. The minimum Gasteiger partial charge on any atom is -0.322 e.